The summed E-state index contributed by atoms with van der Waals surface area (Å²) in [5.74, 6) is -1.06. The van der Waals surface area contributed by atoms with Crippen molar-refractivity contribution in [2.75, 3.05) is 17.6 Å². The third-order valence-electron chi connectivity index (χ3n) is 4.93. The highest BCUT2D eigenvalue weighted by Gasteiger charge is 2.32. The van der Waals surface area contributed by atoms with E-state index in [-0.39, 0.29) is 10.9 Å². The summed E-state index contributed by atoms with van der Waals surface area (Å²) in [5, 5.41) is 7.70. The molecule has 0 aliphatic carbocycles. The first-order chi connectivity index (χ1) is 13.7. The number of sulfonamides is 1. The van der Waals surface area contributed by atoms with Gasteiger partial charge >= 0.3 is 11.8 Å². The van der Waals surface area contributed by atoms with Gasteiger partial charge in [-0.2, -0.15) is 0 Å². The molecule has 0 radical (unpaired) electrons. The molecule has 1 aliphatic heterocycles. The molecule has 0 unspecified atom stereocenters. The van der Waals surface area contributed by atoms with Crippen LogP contribution in [0.15, 0.2) is 41.4 Å². The van der Waals surface area contributed by atoms with E-state index in [1.54, 1.807) is 25.1 Å². The minimum atomic E-state index is -3.79. The second-order valence-corrected chi connectivity index (χ2v) is 8.57. The van der Waals surface area contributed by atoms with Gasteiger partial charge in [-0.15, -0.1) is 0 Å². The quantitative estimate of drug-likeness (QED) is 0.641. The summed E-state index contributed by atoms with van der Waals surface area (Å²) in [7, 11) is -3.79. The Kier molecular flexibility index (Phi) is 5.85. The van der Waals surface area contributed by atoms with Crippen molar-refractivity contribution in [3.05, 3.63) is 47.7 Å². The summed E-state index contributed by atoms with van der Waals surface area (Å²) in [6, 6.07) is 7.40. The number of amides is 2. The van der Waals surface area contributed by atoms with Crippen LogP contribution in [-0.4, -0.2) is 36.7 Å². The largest absolute Gasteiger partial charge is 0.383 e. The van der Waals surface area contributed by atoms with Gasteiger partial charge in [-0.1, -0.05) is 12.1 Å². The summed E-state index contributed by atoms with van der Waals surface area (Å²) < 4.78 is 22.9. The molecule has 1 atom stereocenters. The van der Waals surface area contributed by atoms with Crippen LogP contribution in [0.25, 0.3) is 0 Å². The van der Waals surface area contributed by atoms with Gasteiger partial charge in [0.25, 0.3) is 0 Å². The molecule has 2 aromatic rings. The van der Waals surface area contributed by atoms with E-state index in [2.05, 4.69) is 10.3 Å². The Labute approximate surface area is 169 Å². The van der Waals surface area contributed by atoms with Crippen LogP contribution in [0, 0.1) is 6.92 Å². The molecule has 0 bridgehead atoms. The molecule has 10 heteroatoms. The van der Waals surface area contributed by atoms with Crippen molar-refractivity contribution in [2.45, 2.75) is 37.1 Å². The van der Waals surface area contributed by atoms with Crippen LogP contribution in [0.3, 0.4) is 0 Å². The fourth-order valence-electron chi connectivity index (χ4n) is 3.37. The summed E-state index contributed by atoms with van der Waals surface area (Å²) in [6.45, 7) is 2.19. The van der Waals surface area contributed by atoms with Crippen LogP contribution in [0.4, 0.5) is 11.5 Å². The number of anilines is 2. The first kappa shape index (κ1) is 20.7. The van der Waals surface area contributed by atoms with Gasteiger partial charge in [-0.25, -0.2) is 18.5 Å². The Hall–Kier alpha value is -2.98. The van der Waals surface area contributed by atoms with Gasteiger partial charge < -0.3 is 16.0 Å². The fraction of sp³-hybridized carbons (Fsp3) is 0.316. The predicted octanol–water partition coefficient (Wildman–Crippen LogP) is 1.31. The predicted molar refractivity (Wildman–Crippen MR) is 108 cm³/mol. The highest BCUT2D eigenvalue weighted by atomic mass is 32.2. The molecule has 0 saturated carbocycles. The van der Waals surface area contributed by atoms with Gasteiger partial charge in [0.1, 0.15) is 5.82 Å². The number of nitrogens with one attached hydrogen (secondary N) is 1. The van der Waals surface area contributed by atoms with E-state index in [9.17, 15) is 18.0 Å². The van der Waals surface area contributed by atoms with Crippen LogP contribution < -0.4 is 16.2 Å². The number of aryl methyl sites for hydroxylation is 1. The highest BCUT2D eigenvalue weighted by Crippen LogP contribution is 2.31. The number of aromatic nitrogens is 1. The number of nitrogen functional groups attached to an aromatic ring is 1. The molecule has 1 fully saturated rings. The molecule has 2 heterocycles. The van der Waals surface area contributed by atoms with Crippen molar-refractivity contribution in [1.29, 1.82) is 0 Å². The van der Waals surface area contributed by atoms with Crippen molar-refractivity contribution < 1.29 is 18.0 Å². The number of likely N-dealkylation sites (tertiary alicyclic amines) is 1. The SMILES string of the molecule is Cc1cc(NC(=O)C(=O)N2CCCC[C@H]2c2ccc(S(N)(=O)=O)cc2)cnc1N. The van der Waals surface area contributed by atoms with Gasteiger partial charge in [-0.3, -0.25) is 9.59 Å². The molecule has 0 spiro atoms. The summed E-state index contributed by atoms with van der Waals surface area (Å²) in [6.07, 6.45) is 3.75. The molecular formula is C19H23N5O4S. The number of carbonyl (C=O) groups excluding carboxylic acids is 2. The number of primary sulfonamides is 1. The van der Waals surface area contributed by atoms with Crippen LogP contribution in [0.5, 0.6) is 0 Å². The van der Waals surface area contributed by atoms with E-state index < -0.39 is 21.8 Å². The van der Waals surface area contributed by atoms with Crippen molar-refractivity contribution in [2.24, 2.45) is 5.14 Å². The second kappa shape index (κ2) is 8.18. The van der Waals surface area contributed by atoms with E-state index in [1.165, 1.54) is 23.2 Å². The first-order valence-electron chi connectivity index (χ1n) is 9.13. The van der Waals surface area contributed by atoms with Crippen molar-refractivity contribution in [3.8, 4) is 0 Å². The van der Waals surface area contributed by atoms with Gasteiger partial charge in [0, 0.05) is 6.54 Å². The van der Waals surface area contributed by atoms with Crippen molar-refractivity contribution >= 4 is 33.3 Å². The number of benzene rings is 1. The van der Waals surface area contributed by atoms with Crippen LogP contribution in [-0.2, 0) is 19.6 Å². The standard InChI is InChI=1S/C19H23N5O4S/c1-12-10-14(11-22-17(12)20)23-18(25)19(26)24-9-3-2-4-16(24)13-5-7-15(8-6-13)29(21,27)28/h5-8,10-11,16H,2-4,9H2,1H3,(H2,20,22)(H,23,25)(H2,21,27,28)/t16-/m0/s1. The molecule has 1 aromatic heterocycles. The number of pyridine rings is 1. The number of nitrogens with zero attached hydrogens (tertiary/aromatic N) is 2. The zero-order valence-corrected chi connectivity index (χ0v) is 16.8. The molecule has 154 valence electrons. The van der Waals surface area contributed by atoms with E-state index in [0.29, 0.717) is 30.0 Å². The molecule has 1 aliphatic rings. The van der Waals surface area contributed by atoms with Gasteiger partial charge in [-0.05, 0) is 55.5 Å². The lowest BCUT2D eigenvalue weighted by Crippen LogP contribution is -2.44. The number of hydrogen-bond donors (Lipinski definition) is 3. The zero-order valence-electron chi connectivity index (χ0n) is 16.0. The molecule has 29 heavy (non-hydrogen) atoms. The summed E-state index contributed by atoms with van der Waals surface area (Å²) in [4.78, 5) is 30.8. The first-order valence-corrected chi connectivity index (χ1v) is 10.7. The normalized spacial score (nSPS) is 17.0. The number of rotatable bonds is 3. The van der Waals surface area contributed by atoms with Crippen LogP contribution in [0.1, 0.15) is 36.4 Å². The maximum Gasteiger partial charge on any atom is 0.313 e. The van der Waals surface area contributed by atoms with Gasteiger partial charge in [0.2, 0.25) is 10.0 Å². The van der Waals surface area contributed by atoms with E-state index in [1.807, 2.05) is 0 Å². The van der Waals surface area contributed by atoms with Gasteiger partial charge in [0.15, 0.2) is 0 Å². The number of carbonyl (C=O) groups is 2. The second-order valence-electron chi connectivity index (χ2n) is 7.00. The Morgan fingerprint density at radius 1 is 1.21 bits per heavy atom. The van der Waals surface area contributed by atoms with E-state index >= 15 is 0 Å². The average Bonchev–Trinajstić information content (AvgIpc) is 2.69. The van der Waals surface area contributed by atoms with E-state index in [0.717, 1.165) is 18.4 Å². The van der Waals surface area contributed by atoms with Gasteiger partial charge in [0.05, 0.1) is 22.8 Å². The average molecular weight is 417 g/mol. The molecule has 2 amide bonds. The molecule has 1 aromatic carbocycles. The lowest BCUT2D eigenvalue weighted by atomic mass is 9.95. The highest BCUT2D eigenvalue weighted by molar-refractivity contribution is 7.89. The number of piperidine rings is 1. The van der Waals surface area contributed by atoms with E-state index in [4.69, 9.17) is 10.9 Å². The molecule has 9 nitrogen and oxygen atoms in total. The minimum absolute atomic E-state index is 0.00102. The number of hydrogen-bond acceptors (Lipinski definition) is 6. The monoisotopic (exact) mass is 417 g/mol. The zero-order chi connectivity index (χ0) is 21.2. The maximum atomic E-state index is 12.8. The van der Waals surface area contributed by atoms with Crippen molar-refractivity contribution in [1.82, 2.24) is 9.88 Å². The van der Waals surface area contributed by atoms with Crippen molar-refractivity contribution in [3.63, 3.8) is 0 Å². The summed E-state index contributed by atoms with van der Waals surface area (Å²) in [5.41, 5.74) is 7.51. The smallest absolute Gasteiger partial charge is 0.313 e. The minimum Gasteiger partial charge on any atom is -0.383 e. The Bertz CT molecular complexity index is 1040. The Morgan fingerprint density at radius 2 is 1.90 bits per heavy atom. The summed E-state index contributed by atoms with van der Waals surface area (Å²) >= 11 is 0. The van der Waals surface area contributed by atoms with Crippen LogP contribution >= 0.6 is 0 Å². The third kappa shape index (κ3) is 4.72. The molecule has 1 saturated heterocycles. The Balaban J connectivity index is 1.78. The van der Waals surface area contributed by atoms with Crippen LogP contribution in [0.2, 0.25) is 0 Å². The third-order valence-corrected chi connectivity index (χ3v) is 5.86. The number of nitrogens with two attached hydrogens (primary N) is 2. The lowest BCUT2D eigenvalue weighted by molar-refractivity contribution is -0.145. The topological polar surface area (TPSA) is 148 Å². The molecule has 3 rings (SSSR count). The maximum absolute atomic E-state index is 12.8. The Morgan fingerprint density at radius 3 is 2.52 bits per heavy atom. The molecule has 5 N–H and O–H groups in total. The lowest BCUT2D eigenvalue weighted by Gasteiger charge is -2.35. The fourth-order valence-corrected chi connectivity index (χ4v) is 3.89. The molecular weight excluding hydrogens is 394 g/mol.